The summed E-state index contributed by atoms with van der Waals surface area (Å²) in [6.45, 7) is 2.89. The zero-order chi connectivity index (χ0) is 26.0. The molecule has 2 aromatic rings. The molecule has 1 saturated carbocycles. The first-order valence-electron chi connectivity index (χ1n) is 13.0. The van der Waals surface area contributed by atoms with Crippen molar-refractivity contribution in [1.82, 2.24) is 21.3 Å². The Balaban J connectivity index is 1.12. The molecule has 0 aromatic heterocycles. The van der Waals surface area contributed by atoms with E-state index < -0.39 is 5.79 Å². The van der Waals surface area contributed by atoms with Crippen molar-refractivity contribution in [2.45, 2.75) is 68.7 Å². The summed E-state index contributed by atoms with van der Waals surface area (Å²) in [6.07, 6.45) is 8.50. The summed E-state index contributed by atoms with van der Waals surface area (Å²) in [5.74, 6) is -0.839. The SMILES string of the molecule is CN(C)c1ccc(CNC2CCC(NC3(C)N=CC=C(CC4SC(=O)NC4=O)N3)CC2)c2ccccc12. The average Bonchev–Trinajstić information content (AvgIpc) is 3.19. The van der Waals surface area contributed by atoms with Gasteiger partial charge in [-0.2, -0.15) is 0 Å². The zero-order valence-corrected chi connectivity index (χ0v) is 22.5. The van der Waals surface area contributed by atoms with Crippen molar-refractivity contribution in [3.63, 3.8) is 0 Å². The minimum atomic E-state index is -0.619. The number of nitrogens with one attached hydrogen (secondary N) is 4. The summed E-state index contributed by atoms with van der Waals surface area (Å²) in [7, 11) is 4.18. The molecule has 2 aromatic carbocycles. The molecule has 2 fully saturated rings. The normalized spacial score (nSPS) is 27.6. The van der Waals surface area contributed by atoms with E-state index in [0.29, 0.717) is 18.5 Å². The fraction of sp³-hybridized carbons (Fsp3) is 0.464. The van der Waals surface area contributed by atoms with Gasteiger partial charge in [0.05, 0.1) is 5.25 Å². The van der Waals surface area contributed by atoms with Crippen LogP contribution in [-0.2, 0) is 11.3 Å². The van der Waals surface area contributed by atoms with E-state index in [-0.39, 0.29) is 16.4 Å². The van der Waals surface area contributed by atoms with Crippen LogP contribution in [0, 0.1) is 0 Å². The monoisotopic (exact) mass is 520 g/mol. The average molecular weight is 521 g/mol. The summed E-state index contributed by atoms with van der Waals surface area (Å²) in [6, 6.07) is 14.0. The van der Waals surface area contributed by atoms with E-state index in [1.165, 1.54) is 22.0 Å². The molecule has 4 N–H and O–H groups in total. The molecule has 2 atom stereocenters. The number of hydrogen-bond acceptors (Lipinski definition) is 8. The third-order valence-electron chi connectivity index (χ3n) is 7.45. The molecule has 3 aliphatic rings. The van der Waals surface area contributed by atoms with Crippen LogP contribution < -0.4 is 26.2 Å². The largest absolute Gasteiger partial charge is 0.377 e. The molecule has 2 amide bonds. The Kier molecular flexibility index (Phi) is 7.55. The number of hydrogen-bond donors (Lipinski definition) is 4. The Hall–Kier alpha value is -2.88. The Labute approximate surface area is 222 Å². The van der Waals surface area contributed by atoms with Crippen molar-refractivity contribution >= 4 is 45.6 Å². The molecule has 37 heavy (non-hydrogen) atoms. The molecule has 0 radical (unpaired) electrons. The second kappa shape index (κ2) is 10.8. The van der Waals surface area contributed by atoms with Gasteiger partial charge in [0.1, 0.15) is 0 Å². The van der Waals surface area contributed by atoms with E-state index in [4.69, 9.17) is 0 Å². The van der Waals surface area contributed by atoms with E-state index in [2.05, 4.69) is 81.7 Å². The Bertz CT molecular complexity index is 1240. The van der Waals surface area contributed by atoms with Gasteiger partial charge in [-0.25, -0.2) is 0 Å². The van der Waals surface area contributed by atoms with Gasteiger partial charge in [0.15, 0.2) is 5.79 Å². The predicted molar refractivity (Wildman–Crippen MR) is 152 cm³/mol. The molecule has 5 rings (SSSR count). The minimum absolute atomic E-state index is 0.220. The van der Waals surface area contributed by atoms with Gasteiger partial charge in [-0.1, -0.05) is 42.1 Å². The van der Waals surface area contributed by atoms with E-state index >= 15 is 0 Å². The molecule has 196 valence electrons. The number of aliphatic imine (C=N–C) groups is 1. The molecule has 0 spiro atoms. The molecule has 0 bridgehead atoms. The Morgan fingerprint density at radius 1 is 1.05 bits per heavy atom. The molecule has 2 aliphatic heterocycles. The molecule has 9 heteroatoms. The van der Waals surface area contributed by atoms with Gasteiger partial charge in [0, 0.05) is 62.1 Å². The summed E-state index contributed by atoms with van der Waals surface area (Å²) in [4.78, 5) is 30.3. The lowest BCUT2D eigenvalue weighted by Gasteiger charge is -2.38. The number of amides is 2. The van der Waals surface area contributed by atoms with Crippen LogP contribution in [0.5, 0.6) is 0 Å². The lowest BCUT2D eigenvalue weighted by molar-refractivity contribution is -0.119. The van der Waals surface area contributed by atoms with E-state index in [1.807, 2.05) is 13.0 Å². The number of thioether (sulfide) groups is 1. The maximum absolute atomic E-state index is 12.0. The Morgan fingerprint density at radius 2 is 1.78 bits per heavy atom. The van der Waals surface area contributed by atoms with Crippen molar-refractivity contribution in [2.24, 2.45) is 4.99 Å². The third kappa shape index (κ3) is 6.00. The highest BCUT2D eigenvalue weighted by Gasteiger charge is 2.35. The maximum Gasteiger partial charge on any atom is 0.286 e. The number of allylic oxidation sites excluding steroid dienone is 2. The fourth-order valence-corrected chi connectivity index (χ4v) is 6.41. The fourth-order valence-electron chi connectivity index (χ4n) is 5.57. The maximum atomic E-state index is 12.0. The zero-order valence-electron chi connectivity index (χ0n) is 21.7. The number of anilines is 1. The number of rotatable bonds is 8. The van der Waals surface area contributed by atoms with E-state index in [0.717, 1.165) is 49.7 Å². The molecule has 8 nitrogen and oxygen atoms in total. The van der Waals surface area contributed by atoms with Crippen LogP contribution in [-0.4, -0.2) is 54.6 Å². The second-order valence-electron chi connectivity index (χ2n) is 10.5. The molecule has 2 unspecified atom stereocenters. The van der Waals surface area contributed by atoms with Gasteiger partial charge < -0.3 is 15.5 Å². The lowest BCUT2D eigenvalue weighted by Crippen LogP contribution is -2.58. The lowest BCUT2D eigenvalue weighted by atomic mass is 9.90. The standard InChI is InChI=1S/C28H36N6O2S/c1-28(30-15-14-21(33-28)16-25-26(35)31-27(36)37-25)32-20-11-9-19(10-12-20)29-17-18-8-13-24(34(2)3)23-7-5-4-6-22(18)23/h4-8,13-15,19-20,25,29,32-33H,9-12,16-17H2,1-3H3,(H,31,35,36). The van der Waals surface area contributed by atoms with Crippen molar-refractivity contribution in [3.8, 4) is 0 Å². The summed E-state index contributed by atoms with van der Waals surface area (Å²) < 4.78 is 0. The highest BCUT2D eigenvalue weighted by atomic mass is 32.2. The van der Waals surface area contributed by atoms with Crippen LogP contribution in [0.1, 0.15) is 44.6 Å². The van der Waals surface area contributed by atoms with Crippen LogP contribution >= 0.6 is 11.8 Å². The smallest absolute Gasteiger partial charge is 0.286 e. The van der Waals surface area contributed by atoms with Gasteiger partial charge >= 0.3 is 0 Å². The van der Waals surface area contributed by atoms with Crippen LogP contribution in [0.15, 0.2) is 53.2 Å². The minimum Gasteiger partial charge on any atom is -0.377 e. The number of benzene rings is 2. The van der Waals surface area contributed by atoms with Crippen molar-refractivity contribution in [1.29, 1.82) is 0 Å². The molecule has 2 heterocycles. The highest BCUT2D eigenvalue weighted by Crippen LogP contribution is 2.30. The van der Waals surface area contributed by atoms with Gasteiger partial charge in [-0.15, -0.1) is 0 Å². The summed E-state index contributed by atoms with van der Waals surface area (Å²) in [5, 5.41) is 15.2. The molecule has 1 aliphatic carbocycles. The Morgan fingerprint density at radius 3 is 2.49 bits per heavy atom. The first-order valence-corrected chi connectivity index (χ1v) is 13.9. The number of carbonyl (C=O) groups is 2. The van der Waals surface area contributed by atoms with Gasteiger partial charge in [-0.05, 0) is 55.7 Å². The quantitative estimate of drug-likeness (QED) is 0.420. The van der Waals surface area contributed by atoms with Crippen LogP contribution in [0.25, 0.3) is 10.8 Å². The van der Waals surface area contributed by atoms with Crippen LogP contribution in [0.4, 0.5) is 10.5 Å². The van der Waals surface area contributed by atoms with Gasteiger partial charge in [0.25, 0.3) is 5.24 Å². The van der Waals surface area contributed by atoms with E-state index in [9.17, 15) is 9.59 Å². The van der Waals surface area contributed by atoms with Crippen LogP contribution in [0.3, 0.4) is 0 Å². The summed E-state index contributed by atoms with van der Waals surface area (Å²) >= 11 is 1.05. The highest BCUT2D eigenvalue weighted by molar-refractivity contribution is 8.15. The molecular weight excluding hydrogens is 484 g/mol. The first-order chi connectivity index (χ1) is 17.8. The van der Waals surface area contributed by atoms with Crippen molar-refractivity contribution < 1.29 is 9.59 Å². The topological polar surface area (TPSA) is 97.9 Å². The number of carbonyl (C=O) groups excluding carboxylic acids is 2. The van der Waals surface area contributed by atoms with Crippen molar-refractivity contribution in [2.75, 3.05) is 19.0 Å². The second-order valence-corrected chi connectivity index (χ2v) is 11.7. The number of nitrogens with zero attached hydrogens (tertiary/aromatic N) is 2. The van der Waals surface area contributed by atoms with E-state index in [1.54, 1.807) is 6.21 Å². The number of fused-ring (bicyclic) bond motifs is 1. The predicted octanol–water partition coefficient (Wildman–Crippen LogP) is 3.87. The molecule has 1 saturated heterocycles. The number of imide groups is 1. The molecular formula is C28H36N6O2S. The van der Waals surface area contributed by atoms with Crippen LogP contribution in [0.2, 0.25) is 0 Å². The summed E-state index contributed by atoms with van der Waals surface area (Å²) in [5.41, 5.74) is 3.50. The van der Waals surface area contributed by atoms with Gasteiger partial charge in [-0.3, -0.25) is 25.2 Å². The van der Waals surface area contributed by atoms with Crippen molar-refractivity contribution in [3.05, 3.63) is 53.7 Å². The first kappa shape index (κ1) is 25.8. The third-order valence-corrected chi connectivity index (χ3v) is 8.43. The van der Waals surface area contributed by atoms with Gasteiger partial charge in [0.2, 0.25) is 5.91 Å².